The third-order valence-corrected chi connectivity index (χ3v) is 4.15. The second-order valence-electron chi connectivity index (χ2n) is 3.88. The third-order valence-electron chi connectivity index (χ3n) is 2.71. The molecule has 100 valence electrons. The molecule has 0 aromatic heterocycles. The first-order chi connectivity index (χ1) is 8.93. The van der Waals surface area contributed by atoms with Crippen molar-refractivity contribution in [3.63, 3.8) is 0 Å². The van der Waals surface area contributed by atoms with Crippen molar-refractivity contribution in [2.75, 3.05) is 0 Å². The smallest absolute Gasteiger partial charge is 0.145 e. The zero-order chi connectivity index (χ0) is 14.2. The molecule has 2 aromatic rings. The number of hydrogen-bond donors (Lipinski definition) is 1. The van der Waals surface area contributed by atoms with E-state index < -0.39 is 17.7 Å². The van der Waals surface area contributed by atoms with Crippen molar-refractivity contribution >= 4 is 39.1 Å². The maximum atomic E-state index is 14.0. The lowest BCUT2D eigenvalue weighted by atomic mass is 9.98. The summed E-state index contributed by atoms with van der Waals surface area (Å²) in [5.74, 6) is -1.48. The van der Waals surface area contributed by atoms with Gasteiger partial charge in [-0.3, -0.25) is 0 Å². The molecule has 0 amide bonds. The maximum Gasteiger partial charge on any atom is 0.145 e. The molecule has 2 aromatic carbocycles. The first kappa shape index (κ1) is 14.7. The van der Waals surface area contributed by atoms with Crippen LogP contribution in [0.2, 0.25) is 10.0 Å². The molecular formula is C13H8BrCl2F2N. The maximum absolute atomic E-state index is 14.0. The van der Waals surface area contributed by atoms with Crippen molar-refractivity contribution < 1.29 is 8.78 Å². The van der Waals surface area contributed by atoms with Crippen molar-refractivity contribution in [2.45, 2.75) is 6.04 Å². The Morgan fingerprint density at radius 1 is 1.11 bits per heavy atom. The van der Waals surface area contributed by atoms with Crippen LogP contribution in [0.25, 0.3) is 0 Å². The summed E-state index contributed by atoms with van der Waals surface area (Å²) in [4.78, 5) is 0. The average molecular weight is 367 g/mol. The van der Waals surface area contributed by atoms with E-state index in [1.807, 2.05) is 0 Å². The fraction of sp³-hybridized carbons (Fsp3) is 0.0769. The summed E-state index contributed by atoms with van der Waals surface area (Å²) in [6.07, 6.45) is 0. The topological polar surface area (TPSA) is 26.0 Å². The SMILES string of the molecule is NC(c1cccc(Cl)c1Cl)c1c(F)ccc(Br)c1F. The van der Waals surface area contributed by atoms with E-state index in [0.717, 1.165) is 6.07 Å². The van der Waals surface area contributed by atoms with Gasteiger partial charge < -0.3 is 5.73 Å². The van der Waals surface area contributed by atoms with Gasteiger partial charge in [0.05, 0.1) is 20.6 Å². The first-order valence-corrected chi connectivity index (χ1v) is 6.81. The van der Waals surface area contributed by atoms with Gasteiger partial charge >= 0.3 is 0 Å². The van der Waals surface area contributed by atoms with Gasteiger partial charge in [0, 0.05) is 5.56 Å². The van der Waals surface area contributed by atoms with Crippen LogP contribution in [-0.4, -0.2) is 0 Å². The molecule has 0 saturated carbocycles. The van der Waals surface area contributed by atoms with Crippen LogP contribution in [0.15, 0.2) is 34.8 Å². The van der Waals surface area contributed by atoms with E-state index in [1.165, 1.54) is 6.07 Å². The van der Waals surface area contributed by atoms with Gasteiger partial charge in [-0.05, 0) is 39.7 Å². The normalized spacial score (nSPS) is 12.5. The highest BCUT2D eigenvalue weighted by Gasteiger charge is 2.22. The number of benzene rings is 2. The average Bonchev–Trinajstić information content (AvgIpc) is 2.37. The molecular weight excluding hydrogens is 359 g/mol. The van der Waals surface area contributed by atoms with Crippen LogP contribution in [0.5, 0.6) is 0 Å². The number of nitrogens with two attached hydrogens (primary N) is 1. The van der Waals surface area contributed by atoms with Crippen molar-refractivity contribution in [3.8, 4) is 0 Å². The first-order valence-electron chi connectivity index (χ1n) is 5.26. The fourth-order valence-electron chi connectivity index (χ4n) is 1.74. The van der Waals surface area contributed by atoms with Gasteiger partial charge in [-0.1, -0.05) is 35.3 Å². The van der Waals surface area contributed by atoms with E-state index in [9.17, 15) is 8.78 Å². The minimum atomic E-state index is -1.04. The van der Waals surface area contributed by atoms with E-state index in [2.05, 4.69) is 15.9 Å². The molecule has 0 aliphatic rings. The van der Waals surface area contributed by atoms with E-state index in [0.29, 0.717) is 5.56 Å². The molecule has 1 unspecified atom stereocenters. The Labute approximate surface area is 127 Å². The molecule has 0 radical (unpaired) electrons. The second kappa shape index (κ2) is 5.75. The zero-order valence-electron chi connectivity index (χ0n) is 9.43. The van der Waals surface area contributed by atoms with Crippen molar-refractivity contribution in [1.82, 2.24) is 0 Å². The standard InChI is InChI=1S/C13H8BrCl2F2N/c14-7-4-5-9(17)10(12(7)18)13(19)6-2-1-3-8(15)11(6)16/h1-5,13H,19H2. The molecule has 0 saturated heterocycles. The number of rotatable bonds is 2. The highest BCUT2D eigenvalue weighted by atomic mass is 79.9. The highest BCUT2D eigenvalue weighted by molar-refractivity contribution is 9.10. The Morgan fingerprint density at radius 2 is 1.79 bits per heavy atom. The molecule has 2 N–H and O–H groups in total. The summed E-state index contributed by atoms with van der Waals surface area (Å²) in [5, 5.41) is 0.473. The van der Waals surface area contributed by atoms with E-state index in [4.69, 9.17) is 28.9 Å². The zero-order valence-corrected chi connectivity index (χ0v) is 12.5. The molecule has 1 nitrogen and oxygen atoms in total. The molecule has 6 heteroatoms. The van der Waals surface area contributed by atoms with Crippen molar-refractivity contribution in [1.29, 1.82) is 0 Å². The Hall–Kier alpha value is -0.680. The predicted octanol–water partition coefficient (Wildman–Crippen LogP) is 5.08. The van der Waals surface area contributed by atoms with Gasteiger partial charge in [0.25, 0.3) is 0 Å². The third kappa shape index (κ3) is 2.77. The molecule has 0 aliphatic heterocycles. The summed E-state index contributed by atoms with van der Waals surface area (Å²) in [6, 6.07) is 6.16. The van der Waals surface area contributed by atoms with E-state index in [-0.39, 0.29) is 20.1 Å². The summed E-state index contributed by atoms with van der Waals surface area (Å²) in [7, 11) is 0. The quantitative estimate of drug-likeness (QED) is 0.736. The summed E-state index contributed by atoms with van der Waals surface area (Å²) in [6.45, 7) is 0. The van der Waals surface area contributed by atoms with Crippen LogP contribution in [0.3, 0.4) is 0 Å². The molecule has 0 spiro atoms. The largest absolute Gasteiger partial charge is 0.320 e. The lowest BCUT2D eigenvalue weighted by molar-refractivity contribution is 0.539. The highest BCUT2D eigenvalue weighted by Crippen LogP contribution is 2.35. The molecule has 0 bridgehead atoms. The van der Waals surface area contributed by atoms with Crippen LogP contribution in [0.4, 0.5) is 8.78 Å². The monoisotopic (exact) mass is 365 g/mol. The van der Waals surface area contributed by atoms with Crippen molar-refractivity contribution in [2.24, 2.45) is 5.73 Å². The van der Waals surface area contributed by atoms with Crippen LogP contribution >= 0.6 is 39.1 Å². The van der Waals surface area contributed by atoms with Gasteiger partial charge in [0.1, 0.15) is 11.6 Å². The molecule has 2 rings (SSSR count). The predicted molar refractivity (Wildman–Crippen MR) is 76.6 cm³/mol. The van der Waals surface area contributed by atoms with Gasteiger partial charge in [-0.2, -0.15) is 0 Å². The molecule has 19 heavy (non-hydrogen) atoms. The van der Waals surface area contributed by atoms with Crippen LogP contribution in [-0.2, 0) is 0 Å². The van der Waals surface area contributed by atoms with Gasteiger partial charge in [-0.15, -0.1) is 0 Å². The number of halogens is 5. The Balaban J connectivity index is 2.59. The lowest BCUT2D eigenvalue weighted by Gasteiger charge is -2.17. The van der Waals surface area contributed by atoms with Crippen LogP contribution in [0, 0.1) is 11.6 Å². The Kier molecular flexibility index (Phi) is 4.46. The molecule has 1 atom stereocenters. The van der Waals surface area contributed by atoms with Crippen molar-refractivity contribution in [3.05, 3.63) is 67.6 Å². The summed E-state index contributed by atoms with van der Waals surface area (Å²) >= 11 is 14.9. The van der Waals surface area contributed by atoms with Crippen LogP contribution < -0.4 is 5.73 Å². The molecule has 0 aliphatic carbocycles. The Bertz CT molecular complexity index is 634. The van der Waals surface area contributed by atoms with Gasteiger partial charge in [-0.25, -0.2) is 8.78 Å². The van der Waals surface area contributed by atoms with Crippen LogP contribution in [0.1, 0.15) is 17.2 Å². The van der Waals surface area contributed by atoms with Gasteiger partial charge in [0.2, 0.25) is 0 Å². The van der Waals surface area contributed by atoms with Gasteiger partial charge in [0.15, 0.2) is 0 Å². The van der Waals surface area contributed by atoms with E-state index >= 15 is 0 Å². The minimum absolute atomic E-state index is 0.137. The van der Waals surface area contributed by atoms with E-state index in [1.54, 1.807) is 18.2 Å². The fourth-order valence-corrected chi connectivity index (χ4v) is 2.52. The Morgan fingerprint density at radius 3 is 2.47 bits per heavy atom. The molecule has 0 fully saturated rings. The minimum Gasteiger partial charge on any atom is -0.320 e. The summed E-state index contributed by atoms with van der Waals surface area (Å²) < 4.78 is 27.9. The molecule has 0 heterocycles. The lowest BCUT2D eigenvalue weighted by Crippen LogP contribution is -2.16. The summed E-state index contributed by atoms with van der Waals surface area (Å²) in [5.41, 5.74) is 6.03. The number of hydrogen-bond acceptors (Lipinski definition) is 1. The second-order valence-corrected chi connectivity index (χ2v) is 5.52.